The Balaban J connectivity index is 1.74. The van der Waals surface area contributed by atoms with Gasteiger partial charge < -0.3 is 10.6 Å². The van der Waals surface area contributed by atoms with Gasteiger partial charge in [0, 0.05) is 23.6 Å². The van der Waals surface area contributed by atoms with Crippen LogP contribution < -0.4 is 10.6 Å². The van der Waals surface area contributed by atoms with Gasteiger partial charge >= 0.3 is 0 Å². The molecule has 0 aromatic heterocycles. The highest BCUT2D eigenvalue weighted by molar-refractivity contribution is 6.30. The van der Waals surface area contributed by atoms with Crippen molar-refractivity contribution in [3.8, 4) is 0 Å². The van der Waals surface area contributed by atoms with Crippen LogP contribution in [0.3, 0.4) is 0 Å². The Morgan fingerprint density at radius 1 is 1.31 bits per heavy atom. The average Bonchev–Trinajstić information content (AvgIpc) is 2.67. The van der Waals surface area contributed by atoms with Crippen molar-refractivity contribution in [2.45, 2.75) is 19.3 Å². The molecule has 1 aliphatic heterocycles. The fraction of sp³-hybridized carbons (Fsp3) is 0.238. The number of halogens is 1. The first-order valence-corrected chi connectivity index (χ1v) is 9.01. The molecule has 5 heteroatoms. The smallest absolute Gasteiger partial charge is 0.249 e. The van der Waals surface area contributed by atoms with E-state index in [9.17, 15) is 9.59 Å². The summed E-state index contributed by atoms with van der Waals surface area (Å²) in [7, 11) is 0. The molecule has 1 unspecified atom stereocenters. The van der Waals surface area contributed by atoms with Gasteiger partial charge in [-0.1, -0.05) is 48.0 Å². The molecular formula is C21H21ClN2O2. The lowest BCUT2D eigenvalue weighted by Crippen LogP contribution is -2.34. The molecule has 2 aliphatic rings. The van der Waals surface area contributed by atoms with Crippen molar-refractivity contribution >= 4 is 29.1 Å². The molecule has 4 nitrogen and oxygen atoms in total. The first-order chi connectivity index (χ1) is 12.6. The lowest BCUT2D eigenvalue weighted by atomic mass is 9.96. The van der Waals surface area contributed by atoms with Crippen molar-refractivity contribution in [2.24, 2.45) is 5.92 Å². The maximum Gasteiger partial charge on any atom is 0.249 e. The van der Waals surface area contributed by atoms with Crippen molar-refractivity contribution < 1.29 is 9.59 Å². The Bertz CT molecular complexity index is 819. The molecule has 1 aromatic rings. The van der Waals surface area contributed by atoms with Crippen LogP contribution in [-0.2, 0) is 9.59 Å². The van der Waals surface area contributed by atoms with Crippen LogP contribution in [0.2, 0.25) is 5.02 Å². The molecule has 26 heavy (non-hydrogen) atoms. The fourth-order valence-electron chi connectivity index (χ4n) is 3.01. The number of allylic oxidation sites excluding steroid dienone is 3. The highest BCUT2D eigenvalue weighted by Crippen LogP contribution is 2.25. The van der Waals surface area contributed by atoms with Crippen molar-refractivity contribution in [3.63, 3.8) is 0 Å². The van der Waals surface area contributed by atoms with E-state index in [1.165, 1.54) is 0 Å². The van der Waals surface area contributed by atoms with Crippen LogP contribution in [0, 0.1) is 5.92 Å². The van der Waals surface area contributed by atoms with E-state index in [4.69, 9.17) is 11.6 Å². The molecule has 1 atom stereocenters. The molecule has 1 heterocycles. The second-order valence-electron chi connectivity index (χ2n) is 6.36. The summed E-state index contributed by atoms with van der Waals surface area (Å²) in [6, 6.07) is 7.10. The molecular weight excluding hydrogens is 348 g/mol. The minimum absolute atomic E-state index is 0.0834. The van der Waals surface area contributed by atoms with E-state index in [0.29, 0.717) is 41.6 Å². The lowest BCUT2D eigenvalue weighted by molar-refractivity contribution is -0.120. The predicted molar refractivity (Wildman–Crippen MR) is 104 cm³/mol. The number of carbonyl (C=O) groups is 2. The molecule has 0 saturated carbocycles. The van der Waals surface area contributed by atoms with Crippen LogP contribution in [0.25, 0.3) is 5.70 Å². The molecule has 1 aromatic carbocycles. The van der Waals surface area contributed by atoms with Crippen LogP contribution in [0.5, 0.6) is 0 Å². The SMILES string of the molecule is C=CC1C=CC(CNC(=O)C2=C(c3ccc(Cl)cc3)NC(=O)CC2)=CC1. The van der Waals surface area contributed by atoms with Gasteiger partial charge in [-0.3, -0.25) is 9.59 Å². The van der Waals surface area contributed by atoms with Crippen LogP contribution in [0.4, 0.5) is 0 Å². The molecule has 1 aliphatic carbocycles. The van der Waals surface area contributed by atoms with Crippen molar-refractivity contribution in [1.29, 1.82) is 0 Å². The molecule has 2 N–H and O–H groups in total. The van der Waals surface area contributed by atoms with E-state index < -0.39 is 0 Å². The van der Waals surface area contributed by atoms with Gasteiger partial charge in [0.2, 0.25) is 11.8 Å². The first kappa shape index (κ1) is 18.2. The van der Waals surface area contributed by atoms with E-state index >= 15 is 0 Å². The monoisotopic (exact) mass is 368 g/mol. The van der Waals surface area contributed by atoms with Gasteiger partial charge in [0.25, 0.3) is 0 Å². The summed E-state index contributed by atoms with van der Waals surface area (Å²) in [5.41, 5.74) is 3.01. The van der Waals surface area contributed by atoms with Gasteiger partial charge in [-0.25, -0.2) is 0 Å². The van der Waals surface area contributed by atoms with Gasteiger partial charge in [0.15, 0.2) is 0 Å². The summed E-state index contributed by atoms with van der Waals surface area (Å²) in [6.07, 6.45) is 9.77. The largest absolute Gasteiger partial charge is 0.348 e. The number of rotatable bonds is 5. The van der Waals surface area contributed by atoms with E-state index in [2.05, 4.69) is 29.4 Å². The van der Waals surface area contributed by atoms with Gasteiger partial charge in [-0.15, -0.1) is 6.58 Å². The van der Waals surface area contributed by atoms with Crippen molar-refractivity contribution in [1.82, 2.24) is 10.6 Å². The Kier molecular flexibility index (Phi) is 5.74. The van der Waals surface area contributed by atoms with Crippen molar-refractivity contribution in [2.75, 3.05) is 6.54 Å². The maximum absolute atomic E-state index is 12.7. The van der Waals surface area contributed by atoms with Crippen molar-refractivity contribution in [3.05, 3.63) is 76.9 Å². The van der Waals surface area contributed by atoms with E-state index in [0.717, 1.165) is 17.6 Å². The van der Waals surface area contributed by atoms with E-state index in [1.54, 1.807) is 24.3 Å². The summed E-state index contributed by atoms with van der Waals surface area (Å²) in [5.74, 6) is 0.122. The molecule has 3 rings (SSSR count). The third-order valence-electron chi connectivity index (χ3n) is 4.54. The minimum Gasteiger partial charge on any atom is -0.348 e. The Morgan fingerprint density at radius 2 is 2.08 bits per heavy atom. The first-order valence-electron chi connectivity index (χ1n) is 8.63. The third-order valence-corrected chi connectivity index (χ3v) is 4.79. The standard InChI is InChI=1S/C21H21ClN2O2/c1-2-14-3-5-15(6-4-14)13-23-21(26)18-11-12-19(25)24-20(18)16-7-9-17(22)10-8-16/h2-3,5-10,14H,1,4,11-13H2,(H,23,26)(H,24,25). The van der Waals surface area contributed by atoms with Gasteiger partial charge in [0.1, 0.15) is 0 Å². The summed E-state index contributed by atoms with van der Waals surface area (Å²) in [6.45, 7) is 4.26. The zero-order valence-corrected chi connectivity index (χ0v) is 15.2. The van der Waals surface area contributed by atoms with E-state index in [-0.39, 0.29) is 11.8 Å². The number of benzene rings is 1. The molecule has 134 valence electrons. The van der Waals surface area contributed by atoms with Crippen LogP contribution in [0.1, 0.15) is 24.8 Å². The second kappa shape index (κ2) is 8.19. The molecule has 0 bridgehead atoms. The molecule has 0 saturated heterocycles. The van der Waals surface area contributed by atoms with Crippen LogP contribution >= 0.6 is 11.6 Å². The fourth-order valence-corrected chi connectivity index (χ4v) is 3.13. The molecule has 0 spiro atoms. The maximum atomic E-state index is 12.7. The lowest BCUT2D eigenvalue weighted by Gasteiger charge is -2.21. The summed E-state index contributed by atoms with van der Waals surface area (Å²) in [4.78, 5) is 24.5. The zero-order chi connectivity index (χ0) is 18.5. The Labute approximate surface area is 158 Å². The summed E-state index contributed by atoms with van der Waals surface area (Å²) < 4.78 is 0. The summed E-state index contributed by atoms with van der Waals surface area (Å²) >= 11 is 5.93. The van der Waals surface area contributed by atoms with Gasteiger partial charge in [-0.2, -0.15) is 0 Å². The zero-order valence-electron chi connectivity index (χ0n) is 14.4. The number of carbonyl (C=O) groups excluding carboxylic acids is 2. The molecule has 0 fully saturated rings. The number of nitrogens with one attached hydrogen (secondary N) is 2. The quantitative estimate of drug-likeness (QED) is 0.777. The van der Waals surface area contributed by atoms with Gasteiger partial charge in [0.05, 0.1) is 5.70 Å². The Morgan fingerprint density at radius 3 is 2.73 bits per heavy atom. The number of hydrogen-bond acceptors (Lipinski definition) is 2. The molecule has 2 amide bonds. The normalized spacial score (nSPS) is 19.7. The topological polar surface area (TPSA) is 58.2 Å². The number of amides is 2. The van der Waals surface area contributed by atoms with Crippen LogP contribution in [-0.4, -0.2) is 18.4 Å². The van der Waals surface area contributed by atoms with E-state index in [1.807, 2.05) is 12.2 Å². The Hall–Kier alpha value is -2.59. The van der Waals surface area contributed by atoms with Crippen LogP contribution in [0.15, 0.2) is 66.3 Å². The predicted octanol–water partition coefficient (Wildman–Crippen LogP) is 3.77. The second-order valence-corrected chi connectivity index (χ2v) is 6.80. The average molecular weight is 369 g/mol. The molecule has 0 radical (unpaired) electrons. The minimum atomic E-state index is -0.157. The highest BCUT2D eigenvalue weighted by Gasteiger charge is 2.24. The third kappa shape index (κ3) is 4.33. The summed E-state index contributed by atoms with van der Waals surface area (Å²) in [5, 5.41) is 6.40. The number of hydrogen-bond donors (Lipinski definition) is 2. The highest BCUT2D eigenvalue weighted by atomic mass is 35.5. The van der Waals surface area contributed by atoms with Gasteiger partial charge in [-0.05, 0) is 42.0 Å².